The molecule has 1 aliphatic rings. The smallest absolute Gasteiger partial charge is 0.0125 e. The fourth-order valence-electron chi connectivity index (χ4n) is 1.56. The topological polar surface area (TPSA) is 6.48 Å². The van der Waals surface area contributed by atoms with E-state index in [9.17, 15) is 0 Å². The molecule has 0 amide bonds. The van der Waals surface area contributed by atoms with Gasteiger partial charge in [-0.3, -0.25) is 4.90 Å². The molecule has 1 aliphatic heterocycles. The van der Waals surface area contributed by atoms with Crippen LogP contribution in [0.1, 0.15) is 60.8 Å². The van der Waals surface area contributed by atoms with Gasteiger partial charge in [0.1, 0.15) is 0 Å². The predicted molar refractivity (Wildman–Crippen MR) is 78.6 cm³/mol. The van der Waals surface area contributed by atoms with Gasteiger partial charge in [0.25, 0.3) is 0 Å². The molecule has 0 aromatic rings. The first-order valence-electron chi connectivity index (χ1n) is 6.97. The summed E-state index contributed by atoms with van der Waals surface area (Å²) in [6.45, 7) is 16.1. The molecule has 2 nitrogen and oxygen atoms in total. The highest BCUT2D eigenvalue weighted by Crippen LogP contribution is 2.19. The number of hydrogen-bond acceptors (Lipinski definition) is 2. The molecular weight excluding hydrogens is 208 g/mol. The van der Waals surface area contributed by atoms with Crippen molar-refractivity contribution in [1.29, 1.82) is 0 Å². The number of rotatable bonds is 0. The van der Waals surface area contributed by atoms with Gasteiger partial charge in [0.05, 0.1) is 0 Å². The van der Waals surface area contributed by atoms with Crippen LogP contribution in [0.3, 0.4) is 0 Å². The quantitative estimate of drug-likeness (QED) is 0.640. The zero-order valence-corrected chi connectivity index (χ0v) is 13.4. The first kappa shape index (κ1) is 16.9. The summed E-state index contributed by atoms with van der Waals surface area (Å²) >= 11 is 0. The Balaban J connectivity index is 0.000000325. The van der Waals surface area contributed by atoms with Gasteiger partial charge < -0.3 is 4.90 Å². The van der Waals surface area contributed by atoms with Crippen LogP contribution in [0, 0.1) is 0 Å². The van der Waals surface area contributed by atoms with Crippen LogP contribution in [0.15, 0.2) is 0 Å². The minimum Gasteiger partial charge on any atom is -0.305 e. The number of piperidine rings is 1. The Labute approximate surface area is 109 Å². The zero-order valence-electron chi connectivity index (χ0n) is 13.4. The van der Waals surface area contributed by atoms with Crippen LogP contribution in [0.5, 0.6) is 0 Å². The summed E-state index contributed by atoms with van der Waals surface area (Å²) in [6.07, 6.45) is 4.24. The highest BCUT2D eigenvalue weighted by molar-refractivity contribution is 4.78. The van der Waals surface area contributed by atoms with Gasteiger partial charge in [-0.25, -0.2) is 0 Å². The van der Waals surface area contributed by atoms with Gasteiger partial charge in [0.15, 0.2) is 0 Å². The second-order valence-electron chi connectivity index (χ2n) is 7.28. The molecule has 1 rings (SSSR count). The van der Waals surface area contributed by atoms with E-state index in [4.69, 9.17) is 0 Å². The molecule has 0 radical (unpaired) electrons. The molecule has 0 aromatic carbocycles. The van der Waals surface area contributed by atoms with Crippen LogP contribution in [0.4, 0.5) is 0 Å². The van der Waals surface area contributed by atoms with Crippen LogP contribution in [-0.4, -0.2) is 48.1 Å². The van der Waals surface area contributed by atoms with Crippen molar-refractivity contribution in [3.63, 3.8) is 0 Å². The van der Waals surface area contributed by atoms with Crippen molar-refractivity contribution in [2.75, 3.05) is 27.2 Å². The lowest BCUT2D eigenvalue weighted by molar-refractivity contribution is 0.111. The largest absolute Gasteiger partial charge is 0.305 e. The monoisotopic (exact) mass is 242 g/mol. The van der Waals surface area contributed by atoms with Crippen LogP contribution >= 0.6 is 0 Å². The summed E-state index contributed by atoms with van der Waals surface area (Å²) in [6, 6.07) is 0. The maximum Gasteiger partial charge on any atom is 0.0125 e. The van der Waals surface area contributed by atoms with Crippen LogP contribution in [0.2, 0.25) is 0 Å². The van der Waals surface area contributed by atoms with E-state index in [1.807, 2.05) is 0 Å². The molecule has 1 heterocycles. The Hall–Kier alpha value is -0.0800. The van der Waals surface area contributed by atoms with Crippen LogP contribution < -0.4 is 0 Å². The van der Waals surface area contributed by atoms with Gasteiger partial charge in [0, 0.05) is 11.1 Å². The standard InChI is InChI=1S/C9H19N.C6H15N/c1-9(2,3)10-7-5-4-6-8-10;1-6(2,3)7(4)5/h4-8H2,1-3H3;1-5H3. The van der Waals surface area contributed by atoms with Crippen molar-refractivity contribution >= 4 is 0 Å². The highest BCUT2D eigenvalue weighted by atomic mass is 15.2. The number of likely N-dealkylation sites (tertiary alicyclic amines) is 1. The molecule has 2 heteroatoms. The summed E-state index contributed by atoms with van der Waals surface area (Å²) in [5, 5.41) is 0. The molecule has 104 valence electrons. The van der Waals surface area contributed by atoms with Crippen molar-refractivity contribution in [2.24, 2.45) is 0 Å². The predicted octanol–water partition coefficient (Wildman–Crippen LogP) is 3.62. The summed E-state index contributed by atoms with van der Waals surface area (Å²) in [7, 11) is 4.17. The summed E-state index contributed by atoms with van der Waals surface area (Å²) < 4.78 is 0. The Morgan fingerprint density at radius 1 is 0.765 bits per heavy atom. The SMILES string of the molecule is CC(C)(C)N1CCCCC1.CN(C)C(C)(C)C. The van der Waals surface area contributed by atoms with Gasteiger partial charge in [0.2, 0.25) is 0 Å². The van der Waals surface area contributed by atoms with Gasteiger partial charge in [-0.1, -0.05) is 6.42 Å². The van der Waals surface area contributed by atoms with E-state index >= 15 is 0 Å². The van der Waals surface area contributed by atoms with E-state index in [0.717, 1.165) is 0 Å². The van der Waals surface area contributed by atoms with Crippen LogP contribution in [-0.2, 0) is 0 Å². The third kappa shape index (κ3) is 7.77. The third-order valence-corrected chi connectivity index (χ3v) is 3.65. The van der Waals surface area contributed by atoms with E-state index in [1.54, 1.807) is 0 Å². The van der Waals surface area contributed by atoms with Gasteiger partial charge >= 0.3 is 0 Å². The number of hydrogen-bond donors (Lipinski definition) is 0. The molecule has 0 aromatic heterocycles. The van der Waals surface area contributed by atoms with E-state index in [-0.39, 0.29) is 0 Å². The fraction of sp³-hybridized carbons (Fsp3) is 1.00. The summed E-state index contributed by atoms with van der Waals surface area (Å²) in [5.41, 5.74) is 0.737. The highest BCUT2D eigenvalue weighted by Gasteiger charge is 2.22. The van der Waals surface area contributed by atoms with E-state index in [1.165, 1.54) is 32.4 Å². The first-order valence-corrected chi connectivity index (χ1v) is 6.97. The van der Waals surface area contributed by atoms with E-state index in [2.05, 4.69) is 65.4 Å². The molecule has 0 atom stereocenters. The minimum absolute atomic E-state index is 0.333. The minimum atomic E-state index is 0.333. The maximum absolute atomic E-state index is 2.58. The molecule has 1 fully saturated rings. The average Bonchev–Trinajstić information content (AvgIpc) is 2.17. The average molecular weight is 242 g/mol. The molecular formula is C15H34N2. The van der Waals surface area contributed by atoms with Gasteiger partial charge in [-0.2, -0.15) is 0 Å². The van der Waals surface area contributed by atoms with Gasteiger partial charge in [-0.05, 0) is 81.6 Å². The molecule has 0 spiro atoms. The molecule has 0 aliphatic carbocycles. The fourth-order valence-corrected chi connectivity index (χ4v) is 1.56. The zero-order chi connectivity index (χ0) is 13.7. The van der Waals surface area contributed by atoms with Crippen molar-refractivity contribution in [1.82, 2.24) is 9.80 Å². The second kappa shape index (κ2) is 6.75. The molecule has 0 saturated carbocycles. The summed E-state index contributed by atoms with van der Waals surface area (Å²) in [4.78, 5) is 4.77. The van der Waals surface area contributed by atoms with Gasteiger partial charge in [-0.15, -0.1) is 0 Å². The van der Waals surface area contributed by atoms with Crippen LogP contribution in [0.25, 0.3) is 0 Å². The Bertz CT molecular complexity index is 190. The van der Waals surface area contributed by atoms with E-state index < -0.39 is 0 Å². The first-order chi connectivity index (χ1) is 7.55. The van der Waals surface area contributed by atoms with Crippen molar-refractivity contribution in [3.05, 3.63) is 0 Å². The Morgan fingerprint density at radius 3 is 1.29 bits per heavy atom. The molecule has 0 N–H and O–H groups in total. The number of nitrogens with zero attached hydrogens (tertiary/aromatic N) is 2. The lowest BCUT2D eigenvalue weighted by atomic mass is 10.0. The lowest BCUT2D eigenvalue weighted by Gasteiger charge is -2.38. The Kier molecular flexibility index (Phi) is 6.71. The van der Waals surface area contributed by atoms with Crippen molar-refractivity contribution in [2.45, 2.75) is 71.9 Å². The molecule has 0 unspecified atom stereocenters. The van der Waals surface area contributed by atoms with Crippen molar-refractivity contribution < 1.29 is 0 Å². The third-order valence-electron chi connectivity index (χ3n) is 3.65. The van der Waals surface area contributed by atoms with E-state index in [0.29, 0.717) is 11.1 Å². The molecule has 0 bridgehead atoms. The lowest BCUT2D eigenvalue weighted by Crippen LogP contribution is -2.44. The normalized spacial score (nSPS) is 18.9. The van der Waals surface area contributed by atoms with Crippen molar-refractivity contribution in [3.8, 4) is 0 Å². The summed E-state index contributed by atoms with van der Waals surface area (Å²) in [5.74, 6) is 0. The maximum atomic E-state index is 2.58. The molecule has 1 saturated heterocycles. The second-order valence-corrected chi connectivity index (χ2v) is 7.28. The Morgan fingerprint density at radius 2 is 1.12 bits per heavy atom. The molecule has 17 heavy (non-hydrogen) atoms.